The Morgan fingerprint density at radius 2 is 2.13 bits per heavy atom. The second kappa shape index (κ2) is 6.21. The molecule has 0 bridgehead atoms. The van der Waals surface area contributed by atoms with E-state index in [9.17, 15) is 4.79 Å². The number of likely N-dealkylation sites (tertiary alicyclic amines) is 1. The molecule has 4 rings (SSSR count). The first kappa shape index (κ1) is 15.1. The van der Waals surface area contributed by atoms with Gasteiger partial charge in [0.05, 0.1) is 16.3 Å². The van der Waals surface area contributed by atoms with E-state index in [1.807, 2.05) is 18.2 Å². The first-order valence-corrected chi connectivity index (χ1v) is 9.44. The lowest BCUT2D eigenvalue weighted by atomic mass is 9.99. The summed E-state index contributed by atoms with van der Waals surface area (Å²) in [6.07, 6.45) is 6.06. The molecule has 1 aromatic heterocycles. The number of fused-ring (bicyclic) bond motifs is 1. The molecular formula is C18H23N3OS. The van der Waals surface area contributed by atoms with Gasteiger partial charge < -0.3 is 10.6 Å². The third-order valence-electron chi connectivity index (χ3n) is 5.32. The fraction of sp³-hybridized carbons (Fsp3) is 0.556. The number of hydrogen-bond acceptors (Lipinski definition) is 4. The molecule has 1 saturated heterocycles. The van der Waals surface area contributed by atoms with Gasteiger partial charge in [-0.3, -0.25) is 4.79 Å². The SMILES string of the molecule is N[C@@H]1CCC[C@H]1CC(=O)N1CCCC1c1nc2ccccc2s1. The molecule has 0 spiro atoms. The second-order valence-electron chi connectivity index (χ2n) is 6.82. The molecular weight excluding hydrogens is 306 g/mol. The van der Waals surface area contributed by atoms with E-state index in [0.29, 0.717) is 12.3 Å². The van der Waals surface area contributed by atoms with Gasteiger partial charge in [-0.1, -0.05) is 18.6 Å². The Hall–Kier alpha value is -1.46. The van der Waals surface area contributed by atoms with Gasteiger partial charge >= 0.3 is 0 Å². The summed E-state index contributed by atoms with van der Waals surface area (Å²) in [6, 6.07) is 8.59. The van der Waals surface area contributed by atoms with Crippen molar-refractivity contribution in [3.05, 3.63) is 29.3 Å². The zero-order valence-corrected chi connectivity index (χ0v) is 14.1. The van der Waals surface area contributed by atoms with Gasteiger partial charge in [-0.05, 0) is 43.7 Å². The maximum absolute atomic E-state index is 12.8. The van der Waals surface area contributed by atoms with Crippen LogP contribution in [0.1, 0.15) is 49.6 Å². The lowest BCUT2D eigenvalue weighted by Gasteiger charge is -2.25. The largest absolute Gasteiger partial charge is 0.333 e. The number of thiazole rings is 1. The average molecular weight is 329 g/mol. The van der Waals surface area contributed by atoms with Crippen LogP contribution >= 0.6 is 11.3 Å². The highest BCUT2D eigenvalue weighted by atomic mass is 32.1. The van der Waals surface area contributed by atoms with Crippen LogP contribution < -0.4 is 5.73 Å². The number of aromatic nitrogens is 1. The van der Waals surface area contributed by atoms with Crippen molar-refractivity contribution in [1.82, 2.24) is 9.88 Å². The van der Waals surface area contributed by atoms with E-state index in [4.69, 9.17) is 10.7 Å². The Morgan fingerprint density at radius 3 is 2.91 bits per heavy atom. The lowest BCUT2D eigenvalue weighted by molar-refractivity contribution is -0.133. The van der Waals surface area contributed by atoms with Crippen LogP contribution in [0.15, 0.2) is 24.3 Å². The fourth-order valence-corrected chi connectivity index (χ4v) is 5.13. The van der Waals surface area contributed by atoms with Crippen LogP contribution in [-0.4, -0.2) is 28.4 Å². The molecule has 1 aliphatic carbocycles. The summed E-state index contributed by atoms with van der Waals surface area (Å²) in [7, 11) is 0. The molecule has 5 heteroatoms. The van der Waals surface area contributed by atoms with E-state index in [1.54, 1.807) is 11.3 Å². The molecule has 1 aliphatic heterocycles. The fourth-order valence-electron chi connectivity index (χ4n) is 4.02. The molecule has 4 nitrogen and oxygen atoms in total. The minimum absolute atomic E-state index is 0.164. The van der Waals surface area contributed by atoms with E-state index in [2.05, 4.69) is 11.0 Å². The molecule has 2 N–H and O–H groups in total. The van der Waals surface area contributed by atoms with Crippen molar-refractivity contribution in [1.29, 1.82) is 0 Å². The third kappa shape index (κ3) is 2.88. The van der Waals surface area contributed by atoms with Crippen LogP contribution in [-0.2, 0) is 4.79 Å². The lowest BCUT2D eigenvalue weighted by Crippen LogP contribution is -2.35. The summed E-state index contributed by atoms with van der Waals surface area (Å²) < 4.78 is 1.21. The van der Waals surface area contributed by atoms with Gasteiger partial charge in [-0.2, -0.15) is 0 Å². The molecule has 2 aromatic rings. The standard InChI is InChI=1S/C18H23N3OS/c19-13-6-3-5-12(13)11-17(22)21-10-4-8-15(21)18-20-14-7-1-2-9-16(14)23-18/h1-2,7,9,12-13,15H,3-6,8,10-11,19H2/t12-,13+,15?/m0/s1. The van der Waals surface area contributed by atoms with Gasteiger partial charge in [0, 0.05) is 19.0 Å². The minimum atomic E-state index is 0.164. The number of carbonyl (C=O) groups excluding carboxylic acids is 1. The van der Waals surface area contributed by atoms with Crippen LogP contribution in [0.25, 0.3) is 10.2 Å². The average Bonchev–Trinajstić information content (AvgIpc) is 3.26. The maximum atomic E-state index is 12.8. The van der Waals surface area contributed by atoms with E-state index < -0.39 is 0 Å². The van der Waals surface area contributed by atoms with Crippen molar-refractivity contribution >= 4 is 27.5 Å². The Labute approximate surface area is 140 Å². The summed E-state index contributed by atoms with van der Waals surface area (Å²) in [5, 5.41) is 1.09. The van der Waals surface area contributed by atoms with Crippen molar-refractivity contribution in [3.63, 3.8) is 0 Å². The Morgan fingerprint density at radius 1 is 1.26 bits per heavy atom. The summed E-state index contributed by atoms with van der Waals surface area (Å²) in [4.78, 5) is 19.6. The highest BCUT2D eigenvalue weighted by molar-refractivity contribution is 7.18. The van der Waals surface area contributed by atoms with Crippen LogP contribution in [0, 0.1) is 5.92 Å². The molecule has 0 radical (unpaired) electrons. The number of para-hydroxylation sites is 1. The molecule has 1 saturated carbocycles. The van der Waals surface area contributed by atoms with Gasteiger partial charge in [0.2, 0.25) is 5.91 Å². The van der Waals surface area contributed by atoms with E-state index in [0.717, 1.165) is 42.8 Å². The Balaban J connectivity index is 1.52. The number of carbonyl (C=O) groups is 1. The minimum Gasteiger partial charge on any atom is -0.333 e. The second-order valence-corrected chi connectivity index (χ2v) is 7.89. The van der Waals surface area contributed by atoms with Gasteiger partial charge in [0.15, 0.2) is 0 Å². The van der Waals surface area contributed by atoms with Gasteiger partial charge in [0.1, 0.15) is 5.01 Å². The van der Waals surface area contributed by atoms with Gasteiger partial charge in [-0.15, -0.1) is 11.3 Å². The molecule has 1 amide bonds. The summed E-state index contributed by atoms with van der Waals surface area (Å²) in [6.45, 7) is 0.862. The first-order chi connectivity index (χ1) is 11.2. The summed E-state index contributed by atoms with van der Waals surface area (Å²) >= 11 is 1.73. The topological polar surface area (TPSA) is 59.2 Å². The van der Waals surface area contributed by atoms with E-state index >= 15 is 0 Å². The smallest absolute Gasteiger partial charge is 0.223 e. The molecule has 2 heterocycles. The number of hydrogen-bond donors (Lipinski definition) is 1. The summed E-state index contributed by atoms with van der Waals surface area (Å²) in [5.41, 5.74) is 7.19. The number of benzene rings is 1. The predicted molar refractivity (Wildman–Crippen MR) is 93.2 cm³/mol. The molecule has 3 atom stereocenters. The number of nitrogens with two attached hydrogens (primary N) is 1. The zero-order valence-electron chi connectivity index (χ0n) is 13.3. The van der Waals surface area contributed by atoms with Crippen molar-refractivity contribution in [3.8, 4) is 0 Å². The third-order valence-corrected chi connectivity index (χ3v) is 6.46. The maximum Gasteiger partial charge on any atom is 0.223 e. The van der Waals surface area contributed by atoms with Crippen LogP contribution in [0.4, 0.5) is 0 Å². The summed E-state index contributed by atoms with van der Waals surface area (Å²) in [5.74, 6) is 0.647. The van der Waals surface area contributed by atoms with Crippen molar-refractivity contribution < 1.29 is 4.79 Å². The van der Waals surface area contributed by atoms with Crippen LogP contribution in [0.3, 0.4) is 0 Å². The molecule has 1 unspecified atom stereocenters. The normalized spacial score (nSPS) is 27.9. The van der Waals surface area contributed by atoms with Crippen LogP contribution in [0.2, 0.25) is 0 Å². The Bertz CT molecular complexity index is 680. The van der Waals surface area contributed by atoms with Crippen molar-refractivity contribution in [2.24, 2.45) is 11.7 Å². The molecule has 2 fully saturated rings. The molecule has 1 aromatic carbocycles. The van der Waals surface area contributed by atoms with Crippen LogP contribution in [0.5, 0.6) is 0 Å². The van der Waals surface area contributed by atoms with Crippen molar-refractivity contribution in [2.45, 2.75) is 50.6 Å². The van der Waals surface area contributed by atoms with E-state index in [-0.39, 0.29) is 18.0 Å². The molecule has 122 valence electrons. The van der Waals surface area contributed by atoms with Crippen molar-refractivity contribution in [2.75, 3.05) is 6.54 Å². The highest BCUT2D eigenvalue weighted by Crippen LogP contribution is 2.38. The number of nitrogens with zero attached hydrogens (tertiary/aromatic N) is 2. The monoisotopic (exact) mass is 329 g/mol. The predicted octanol–water partition coefficient (Wildman–Crippen LogP) is 3.48. The Kier molecular flexibility index (Phi) is 4.07. The quantitative estimate of drug-likeness (QED) is 0.938. The van der Waals surface area contributed by atoms with Gasteiger partial charge in [0.25, 0.3) is 0 Å². The van der Waals surface area contributed by atoms with E-state index in [1.165, 1.54) is 11.1 Å². The van der Waals surface area contributed by atoms with Gasteiger partial charge in [-0.25, -0.2) is 4.98 Å². The zero-order chi connectivity index (χ0) is 15.8. The number of rotatable bonds is 3. The molecule has 23 heavy (non-hydrogen) atoms. The molecule has 2 aliphatic rings. The first-order valence-electron chi connectivity index (χ1n) is 8.63. The number of amides is 1. The highest BCUT2D eigenvalue weighted by Gasteiger charge is 2.35.